The van der Waals surface area contributed by atoms with E-state index in [4.69, 9.17) is 5.73 Å². The Morgan fingerprint density at radius 2 is 1.94 bits per heavy atom. The molecule has 0 fully saturated rings. The molecule has 0 aliphatic heterocycles. The van der Waals surface area contributed by atoms with Crippen molar-refractivity contribution in [2.75, 3.05) is 13.7 Å². The van der Waals surface area contributed by atoms with E-state index in [1.54, 1.807) is 4.72 Å². The van der Waals surface area contributed by atoms with Crippen molar-refractivity contribution in [3.63, 3.8) is 0 Å². The second-order valence-corrected chi connectivity index (χ2v) is 4.87. The smallest absolute Gasteiger partial charge is 0.339 e. The van der Waals surface area contributed by atoms with Gasteiger partial charge in [0.05, 0.1) is 19.2 Å². The first-order valence-corrected chi connectivity index (χ1v) is 6.33. The van der Waals surface area contributed by atoms with Crippen molar-refractivity contribution in [2.45, 2.75) is 4.90 Å². The molecule has 1 rings (SSSR count). The molecule has 0 spiro atoms. The van der Waals surface area contributed by atoms with Crippen LogP contribution in [0.25, 0.3) is 0 Å². The highest BCUT2D eigenvalue weighted by molar-refractivity contribution is 7.90. The number of hydrogen-bond acceptors (Lipinski definition) is 6. The van der Waals surface area contributed by atoms with Gasteiger partial charge in [-0.15, -0.1) is 0 Å². The Kier molecular flexibility index (Phi) is 4.40. The maximum Gasteiger partial charge on any atom is 0.339 e. The summed E-state index contributed by atoms with van der Waals surface area (Å²) >= 11 is 0. The lowest BCUT2D eigenvalue weighted by Gasteiger charge is -2.09. The molecular weight excluding hydrogens is 260 g/mol. The van der Waals surface area contributed by atoms with Crippen molar-refractivity contribution in [1.29, 1.82) is 0 Å². The average Bonchev–Trinajstić information content (AvgIpc) is 2.37. The number of hydrogen-bond donors (Lipinski definition) is 2. The van der Waals surface area contributed by atoms with Gasteiger partial charge in [-0.3, -0.25) is 4.79 Å². The highest BCUT2D eigenvalue weighted by atomic mass is 32.2. The van der Waals surface area contributed by atoms with Gasteiger partial charge in [-0.1, -0.05) is 12.1 Å². The summed E-state index contributed by atoms with van der Waals surface area (Å²) in [5.74, 6) is -1.68. The third-order valence-electron chi connectivity index (χ3n) is 2.02. The maximum atomic E-state index is 11.8. The molecular formula is C10H12N2O5S. The lowest BCUT2D eigenvalue weighted by atomic mass is 10.2. The molecule has 1 aromatic carbocycles. The van der Waals surface area contributed by atoms with E-state index in [-0.39, 0.29) is 10.5 Å². The first-order chi connectivity index (χ1) is 8.42. The Balaban J connectivity index is 3.24. The van der Waals surface area contributed by atoms with Crippen molar-refractivity contribution in [3.05, 3.63) is 29.8 Å². The van der Waals surface area contributed by atoms with E-state index >= 15 is 0 Å². The number of carbonyl (C=O) groups excluding carboxylic acids is 2. The molecule has 0 atom stereocenters. The van der Waals surface area contributed by atoms with Crippen LogP contribution in [0.4, 0.5) is 0 Å². The molecule has 98 valence electrons. The number of nitrogens with one attached hydrogen (secondary N) is 1. The zero-order valence-electron chi connectivity index (χ0n) is 9.54. The molecule has 0 radical (unpaired) electrons. The number of esters is 1. The quantitative estimate of drug-likeness (QED) is 0.696. The topological polar surface area (TPSA) is 116 Å². The van der Waals surface area contributed by atoms with Crippen LogP contribution < -0.4 is 10.5 Å². The number of amides is 1. The maximum absolute atomic E-state index is 11.8. The molecule has 7 nitrogen and oxygen atoms in total. The minimum Gasteiger partial charge on any atom is -0.465 e. The van der Waals surface area contributed by atoms with Crippen molar-refractivity contribution in [3.8, 4) is 0 Å². The molecule has 0 aliphatic carbocycles. The van der Waals surface area contributed by atoms with Gasteiger partial charge in [-0.05, 0) is 12.1 Å². The lowest BCUT2D eigenvalue weighted by molar-refractivity contribution is -0.118. The molecule has 0 bridgehead atoms. The number of rotatable bonds is 4. The van der Waals surface area contributed by atoms with Crippen LogP contribution in [-0.4, -0.2) is 33.9 Å². The fourth-order valence-corrected chi connectivity index (χ4v) is 2.42. The predicted molar refractivity (Wildman–Crippen MR) is 62.2 cm³/mol. The summed E-state index contributed by atoms with van der Waals surface area (Å²) in [4.78, 5) is 22.1. The second-order valence-electron chi connectivity index (χ2n) is 3.22. The number of nitrogens with two attached hydrogens (primary N) is 1. The molecule has 8 heteroatoms. The molecule has 0 aliphatic rings. The summed E-state index contributed by atoms with van der Waals surface area (Å²) in [6.45, 7) is -0.473. The van der Waals surface area contributed by atoms with E-state index in [1.807, 2.05) is 0 Å². The summed E-state index contributed by atoms with van der Waals surface area (Å²) in [5.41, 5.74) is 4.86. The van der Waals surface area contributed by atoms with Crippen molar-refractivity contribution >= 4 is 21.9 Å². The van der Waals surface area contributed by atoms with Crippen LogP contribution in [0.2, 0.25) is 0 Å². The van der Waals surface area contributed by atoms with E-state index in [0.29, 0.717) is 0 Å². The summed E-state index contributed by atoms with van der Waals surface area (Å²) < 4.78 is 29.9. The van der Waals surface area contributed by atoms with Gasteiger partial charge in [0, 0.05) is 0 Å². The van der Waals surface area contributed by atoms with Crippen LogP contribution in [0.3, 0.4) is 0 Å². The van der Waals surface area contributed by atoms with Crippen molar-refractivity contribution in [2.24, 2.45) is 5.73 Å². The fraction of sp³-hybridized carbons (Fsp3) is 0.200. The van der Waals surface area contributed by atoms with Crippen LogP contribution in [-0.2, 0) is 19.6 Å². The first kappa shape index (κ1) is 14.1. The van der Waals surface area contributed by atoms with E-state index in [9.17, 15) is 18.0 Å². The number of methoxy groups -OCH3 is 1. The van der Waals surface area contributed by atoms with Crippen LogP contribution in [0, 0.1) is 0 Å². The molecule has 0 heterocycles. The third kappa shape index (κ3) is 3.05. The highest BCUT2D eigenvalue weighted by Gasteiger charge is 2.23. The van der Waals surface area contributed by atoms with Gasteiger partial charge in [-0.25, -0.2) is 17.9 Å². The Labute approximate surface area is 104 Å². The second kappa shape index (κ2) is 5.61. The van der Waals surface area contributed by atoms with Crippen LogP contribution >= 0.6 is 0 Å². The van der Waals surface area contributed by atoms with Gasteiger partial charge in [0.15, 0.2) is 0 Å². The summed E-state index contributed by atoms with van der Waals surface area (Å²) in [5, 5.41) is 0. The molecule has 18 heavy (non-hydrogen) atoms. The molecule has 3 N–H and O–H groups in total. The first-order valence-electron chi connectivity index (χ1n) is 4.85. The lowest BCUT2D eigenvalue weighted by Crippen LogP contribution is -2.36. The van der Waals surface area contributed by atoms with E-state index in [1.165, 1.54) is 24.3 Å². The zero-order chi connectivity index (χ0) is 13.8. The predicted octanol–water partition coefficient (Wildman–Crippen LogP) is -0.763. The van der Waals surface area contributed by atoms with Gasteiger partial charge in [0.2, 0.25) is 5.91 Å². The zero-order valence-corrected chi connectivity index (χ0v) is 10.4. The van der Waals surface area contributed by atoms with Gasteiger partial charge in [-0.2, -0.15) is 0 Å². The summed E-state index contributed by atoms with van der Waals surface area (Å²) in [6.07, 6.45) is 0. The number of benzene rings is 1. The number of sulfonamides is 1. The Bertz CT molecular complexity index is 567. The van der Waals surface area contributed by atoms with Crippen LogP contribution in [0.15, 0.2) is 29.2 Å². The summed E-state index contributed by atoms with van der Waals surface area (Å²) in [7, 11) is -3.01. The van der Waals surface area contributed by atoms with E-state index < -0.39 is 28.4 Å². The Hall–Kier alpha value is -1.93. The van der Waals surface area contributed by atoms with Gasteiger partial charge in [0.25, 0.3) is 10.0 Å². The summed E-state index contributed by atoms with van der Waals surface area (Å²) in [6, 6.07) is 5.38. The molecule has 0 aromatic heterocycles. The minimum absolute atomic E-state index is 0.155. The van der Waals surface area contributed by atoms with Gasteiger partial charge < -0.3 is 10.5 Å². The van der Waals surface area contributed by atoms with E-state index in [2.05, 4.69) is 4.74 Å². The van der Waals surface area contributed by atoms with Crippen LogP contribution in [0.1, 0.15) is 10.4 Å². The average molecular weight is 272 g/mol. The molecule has 1 aromatic rings. The number of ether oxygens (including phenoxy) is 1. The van der Waals surface area contributed by atoms with Crippen molar-refractivity contribution in [1.82, 2.24) is 4.72 Å². The van der Waals surface area contributed by atoms with Crippen LogP contribution in [0.5, 0.6) is 0 Å². The third-order valence-corrected chi connectivity index (χ3v) is 3.45. The minimum atomic E-state index is -4.14. The standard InChI is InChI=1S/C10H12N2O5S/c1-17-10(14)7-4-2-3-5-8(7)18(15,16)12-9(13)6-11/h2-5H,6,11H2,1H3,(H,12,13). The van der Waals surface area contributed by atoms with E-state index in [0.717, 1.165) is 7.11 Å². The Morgan fingerprint density at radius 1 is 1.33 bits per heavy atom. The number of carbonyl (C=O) groups is 2. The highest BCUT2D eigenvalue weighted by Crippen LogP contribution is 2.15. The normalized spacial score (nSPS) is 10.8. The van der Waals surface area contributed by atoms with Gasteiger partial charge >= 0.3 is 5.97 Å². The largest absolute Gasteiger partial charge is 0.465 e. The molecule has 1 amide bonds. The Morgan fingerprint density at radius 3 is 2.50 bits per heavy atom. The SMILES string of the molecule is COC(=O)c1ccccc1S(=O)(=O)NC(=O)CN. The van der Waals surface area contributed by atoms with Crippen molar-refractivity contribution < 1.29 is 22.7 Å². The molecule has 0 saturated heterocycles. The molecule has 0 unspecified atom stereocenters. The van der Waals surface area contributed by atoms with Gasteiger partial charge in [0.1, 0.15) is 4.90 Å². The monoisotopic (exact) mass is 272 g/mol. The molecule has 0 saturated carbocycles. The fourth-order valence-electron chi connectivity index (χ4n) is 1.23.